The maximum atomic E-state index is 13.9. The summed E-state index contributed by atoms with van der Waals surface area (Å²) in [7, 11) is 0. The highest BCUT2D eigenvalue weighted by Crippen LogP contribution is 2.39. The fourth-order valence-electron chi connectivity index (χ4n) is 2.40. The van der Waals surface area contributed by atoms with Crippen molar-refractivity contribution in [3.8, 4) is 11.3 Å². The summed E-state index contributed by atoms with van der Waals surface area (Å²) in [5.41, 5.74) is 8.41. The van der Waals surface area contributed by atoms with E-state index in [4.69, 9.17) is 5.73 Å². The van der Waals surface area contributed by atoms with E-state index in [1.165, 1.54) is 30.5 Å². The van der Waals surface area contributed by atoms with E-state index in [1.54, 1.807) is 12.3 Å². The number of nitrogens with zero attached hydrogens (tertiary/aromatic N) is 3. The van der Waals surface area contributed by atoms with Crippen molar-refractivity contribution < 1.29 is 4.39 Å². The molecule has 1 aliphatic rings. The van der Waals surface area contributed by atoms with E-state index < -0.39 is 0 Å². The molecule has 2 heterocycles. The Bertz CT molecular complexity index is 806. The molecule has 0 saturated heterocycles. The Kier molecular flexibility index (Phi) is 3.79. The highest BCUT2D eigenvalue weighted by atomic mass is 19.1. The molecule has 0 radical (unpaired) electrons. The molecule has 3 aromatic rings. The SMILES string of the molecule is CC.Nc1ccc(F)c(-c2cn3cc(C4CC4)cnc3n2)c1. The van der Waals surface area contributed by atoms with Crippen molar-refractivity contribution in [3.05, 3.63) is 48.2 Å². The van der Waals surface area contributed by atoms with Crippen molar-refractivity contribution >= 4 is 11.5 Å². The van der Waals surface area contributed by atoms with Gasteiger partial charge in [-0.15, -0.1) is 0 Å². The first kappa shape index (κ1) is 14.5. The molecule has 2 N–H and O–H groups in total. The molecule has 0 spiro atoms. The second kappa shape index (κ2) is 5.75. The van der Waals surface area contributed by atoms with Gasteiger partial charge in [0.15, 0.2) is 0 Å². The van der Waals surface area contributed by atoms with Crippen LogP contribution < -0.4 is 5.73 Å². The van der Waals surface area contributed by atoms with Crippen molar-refractivity contribution in [1.29, 1.82) is 0 Å². The maximum Gasteiger partial charge on any atom is 0.234 e. The van der Waals surface area contributed by atoms with E-state index in [9.17, 15) is 4.39 Å². The average Bonchev–Trinajstić information content (AvgIpc) is 3.30. The van der Waals surface area contributed by atoms with Gasteiger partial charge in [0.25, 0.3) is 0 Å². The van der Waals surface area contributed by atoms with Crippen LogP contribution in [0.2, 0.25) is 0 Å². The minimum Gasteiger partial charge on any atom is -0.399 e. The minimum absolute atomic E-state index is 0.329. The van der Waals surface area contributed by atoms with Gasteiger partial charge >= 0.3 is 0 Å². The summed E-state index contributed by atoms with van der Waals surface area (Å²) in [6, 6.07) is 4.49. The lowest BCUT2D eigenvalue weighted by atomic mass is 10.1. The third kappa shape index (κ3) is 2.66. The van der Waals surface area contributed by atoms with Gasteiger partial charge in [-0.2, -0.15) is 0 Å². The standard InChI is InChI=1S/C15H13FN4.C2H6/c16-13-4-3-11(17)5-12(13)14-8-20-7-10(9-1-2-9)6-18-15(20)19-14;1-2/h3-9H,1-2,17H2;1-2H3. The molecule has 0 unspecified atom stereocenters. The van der Waals surface area contributed by atoms with E-state index in [0.29, 0.717) is 28.6 Å². The van der Waals surface area contributed by atoms with E-state index in [-0.39, 0.29) is 5.82 Å². The van der Waals surface area contributed by atoms with Crippen LogP contribution in [-0.4, -0.2) is 14.4 Å². The predicted octanol–water partition coefficient (Wildman–Crippen LogP) is 4.02. The number of benzene rings is 1. The number of anilines is 1. The minimum atomic E-state index is -0.329. The molecule has 4 rings (SSSR count). The maximum absolute atomic E-state index is 13.9. The van der Waals surface area contributed by atoms with Gasteiger partial charge in [-0.3, -0.25) is 4.40 Å². The Balaban J connectivity index is 0.000000693. The third-order valence-electron chi connectivity index (χ3n) is 3.65. The molecule has 1 saturated carbocycles. The monoisotopic (exact) mass is 298 g/mol. The van der Waals surface area contributed by atoms with E-state index >= 15 is 0 Å². The molecule has 0 amide bonds. The smallest absolute Gasteiger partial charge is 0.234 e. The number of nitrogens with two attached hydrogens (primary N) is 1. The molecule has 1 aromatic carbocycles. The lowest BCUT2D eigenvalue weighted by Gasteiger charge is -2.00. The topological polar surface area (TPSA) is 56.2 Å². The molecule has 0 atom stereocenters. The summed E-state index contributed by atoms with van der Waals surface area (Å²) in [6.07, 6.45) is 8.13. The second-order valence-electron chi connectivity index (χ2n) is 5.23. The number of halogens is 1. The van der Waals surface area contributed by atoms with Gasteiger partial charge in [-0.1, -0.05) is 13.8 Å². The molecule has 22 heavy (non-hydrogen) atoms. The normalized spacial score (nSPS) is 13.8. The lowest BCUT2D eigenvalue weighted by Crippen LogP contribution is -1.90. The summed E-state index contributed by atoms with van der Waals surface area (Å²) in [5.74, 6) is 0.873. The summed E-state index contributed by atoms with van der Waals surface area (Å²) in [4.78, 5) is 8.70. The third-order valence-corrected chi connectivity index (χ3v) is 3.65. The Morgan fingerprint density at radius 2 is 2.00 bits per heavy atom. The Morgan fingerprint density at radius 1 is 1.23 bits per heavy atom. The van der Waals surface area contributed by atoms with Crippen LogP contribution in [0.25, 0.3) is 17.0 Å². The van der Waals surface area contributed by atoms with Crippen molar-refractivity contribution in [2.75, 3.05) is 5.73 Å². The zero-order valence-electron chi connectivity index (χ0n) is 12.8. The highest BCUT2D eigenvalue weighted by Gasteiger charge is 2.24. The van der Waals surface area contributed by atoms with Crippen LogP contribution >= 0.6 is 0 Å². The van der Waals surface area contributed by atoms with E-state index in [0.717, 1.165) is 0 Å². The molecular weight excluding hydrogens is 279 g/mol. The first-order valence-electron chi connectivity index (χ1n) is 7.61. The lowest BCUT2D eigenvalue weighted by molar-refractivity contribution is 0.631. The van der Waals surface area contributed by atoms with Gasteiger partial charge < -0.3 is 5.73 Å². The molecule has 1 fully saturated rings. The summed E-state index contributed by atoms with van der Waals surface area (Å²) in [5, 5.41) is 0. The molecule has 1 aliphatic carbocycles. The van der Waals surface area contributed by atoms with Gasteiger partial charge in [0, 0.05) is 29.8 Å². The first-order valence-corrected chi connectivity index (χ1v) is 7.61. The van der Waals surface area contributed by atoms with Gasteiger partial charge in [-0.05, 0) is 42.5 Å². The van der Waals surface area contributed by atoms with Gasteiger partial charge in [0.05, 0.1) is 5.69 Å². The number of hydrogen-bond donors (Lipinski definition) is 1. The van der Waals surface area contributed by atoms with Crippen LogP contribution in [0.1, 0.15) is 38.2 Å². The molecular formula is C17H19FN4. The molecule has 4 nitrogen and oxygen atoms in total. The quantitative estimate of drug-likeness (QED) is 0.727. The Morgan fingerprint density at radius 3 is 2.73 bits per heavy atom. The van der Waals surface area contributed by atoms with Crippen LogP contribution in [0.4, 0.5) is 10.1 Å². The zero-order chi connectivity index (χ0) is 15.7. The van der Waals surface area contributed by atoms with Crippen LogP contribution in [0.3, 0.4) is 0 Å². The first-order chi connectivity index (χ1) is 10.7. The van der Waals surface area contributed by atoms with Gasteiger partial charge in [-0.25, -0.2) is 14.4 Å². The molecule has 0 aliphatic heterocycles. The zero-order valence-corrected chi connectivity index (χ0v) is 12.8. The number of fused-ring (bicyclic) bond motifs is 1. The molecule has 5 heteroatoms. The molecule has 2 aromatic heterocycles. The number of nitrogen functional groups attached to an aromatic ring is 1. The highest BCUT2D eigenvalue weighted by molar-refractivity contribution is 5.66. The predicted molar refractivity (Wildman–Crippen MR) is 86.1 cm³/mol. The molecule has 114 valence electrons. The number of hydrogen-bond acceptors (Lipinski definition) is 3. The Hall–Kier alpha value is -2.43. The number of aromatic nitrogens is 3. The van der Waals surface area contributed by atoms with Crippen molar-refractivity contribution in [3.63, 3.8) is 0 Å². The van der Waals surface area contributed by atoms with Crippen molar-refractivity contribution in [2.24, 2.45) is 0 Å². The fourth-order valence-corrected chi connectivity index (χ4v) is 2.40. The second-order valence-corrected chi connectivity index (χ2v) is 5.23. The Labute approximate surface area is 128 Å². The average molecular weight is 298 g/mol. The van der Waals surface area contributed by atoms with Crippen molar-refractivity contribution in [2.45, 2.75) is 32.6 Å². The van der Waals surface area contributed by atoms with Gasteiger partial charge in [0.2, 0.25) is 5.78 Å². The summed E-state index contributed by atoms with van der Waals surface area (Å²) < 4.78 is 15.7. The summed E-state index contributed by atoms with van der Waals surface area (Å²) in [6.45, 7) is 4.00. The van der Waals surface area contributed by atoms with E-state index in [2.05, 4.69) is 9.97 Å². The van der Waals surface area contributed by atoms with Crippen LogP contribution in [0.5, 0.6) is 0 Å². The van der Waals surface area contributed by atoms with Crippen LogP contribution in [0, 0.1) is 5.82 Å². The fraction of sp³-hybridized carbons (Fsp3) is 0.294. The molecule has 0 bridgehead atoms. The van der Waals surface area contributed by atoms with Gasteiger partial charge in [0.1, 0.15) is 5.82 Å². The van der Waals surface area contributed by atoms with Crippen LogP contribution in [0.15, 0.2) is 36.8 Å². The van der Waals surface area contributed by atoms with Crippen LogP contribution in [-0.2, 0) is 0 Å². The number of imidazole rings is 1. The summed E-state index contributed by atoms with van der Waals surface area (Å²) >= 11 is 0. The largest absolute Gasteiger partial charge is 0.399 e. The number of rotatable bonds is 2. The van der Waals surface area contributed by atoms with E-state index in [1.807, 2.05) is 30.6 Å². The van der Waals surface area contributed by atoms with Crippen molar-refractivity contribution in [1.82, 2.24) is 14.4 Å².